The number of hydrogen-bond acceptors (Lipinski definition) is 8. The molecule has 5 rings (SSSR count). The van der Waals surface area contributed by atoms with Crippen LogP contribution in [0.2, 0.25) is 5.02 Å². The third kappa shape index (κ3) is 6.55. The van der Waals surface area contributed by atoms with E-state index in [4.69, 9.17) is 34.8 Å². The van der Waals surface area contributed by atoms with Crippen LogP contribution in [0.5, 0.6) is 0 Å². The molecule has 2 atom stereocenters. The number of amides is 1. The number of benzene rings is 2. The molecule has 2 unspecified atom stereocenters. The summed E-state index contributed by atoms with van der Waals surface area (Å²) >= 11 is 12.1. The Hall–Kier alpha value is -4.29. The van der Waals surface area contributed by atoms with E-state index in [1.54, 1.807) is 43.5 Å². The van der Waals surface area contributed by atoms with E-state index in [2.05, 4.69) is 15.3 Å². The summed E-state index contributed by atoms with van der Waals surface area (Å²) in [5.74, 6) is 5.46. The van der Waals surface area contributed by atoms with Crippen molar-refractivity contribution in [3.63, 3.8) is 0 Å². The van der Waals surface area contributed by atoms with Crippen molar-refractivity contribution in [3.05, 3.63) is 105 Å². The van der Waals surface area contributed by atoms with E-state index in [1.807, 2.05) is 11.9 Å². The molecule has 0 saturated carbocycles. The molecule has 222 valence electrons. The summed E-state index contributed by atoms with van der Waals surface area (Å²) in [5, 5.41) is 4.52. The highest BCUT2D eigenvalue weighted by Gasteiger charge is 2.25. The van der Waals surface area contributed by atoms with Gasteiger partial charge in [0, 0.05) is 40.6 Å². The van der Waals surface area contributed by atoms with Gasteiger partial charge in [-0.2, -0.15) is 0 Å². The number of rotatable bonds is 4. The van der Waals surface area contributed by atoms with Gasteiger partial charge in [-0.05, 0) is 74.5 Å². The number of fused-ring (bicyclic) bond motifs is 4. The Kier molecular flexibility index (Phi) is 8.79. The second kappa shape index (κ2) is 12.5. The highest BCUT2D eigenvalue weighted by Crippen LogP contribution is 2.34. The van der Waals surface area contributed by atoms with E-state index in [9.17, 15) is 14.0 Å². The molecule has 4 aromatic rings. The molecule has 13 heteroatoms. The fourth-order valence-corrected chi connectivity index (χ4v) is 5.26. The van der Waals surface area contributed by atoms with Crippen molar-refractivity contribution in [2.75, 3.05) is 23.9 Å². The Morgan fingerprint density at radius 1 is 1.12 bits per heavy atom. The largest absolute Gasteiger partial charge is 0.388 e. The quantitative estimate of drug-likeness (QED) is 0.169. The van der Waals surface area contributed by atoms with Crippen LogP contribution in [-0.2, 0) is 4.79 Å². The summed E-state index contributed by atoms with van der Waals surface area (Å²) in [6.45, 7) is 2.25. The molecular formula is C30H29Cl2FN8O2. The maximum atomic E-state index is 14.4. The standard InChI is InChI=1S/C30H29Cl2FN8O2/c1-17-30(43)38-23-5-4-20(33)13-21(23)18-7-9-36-25(11-18)27(8-10-39(17)2)40-16-37-24(14-29(40)42)22-12-19(31)3-6-26(22)41(35)15-28(32)34/h3-7,9,11-17,27H,8,10,34-35H2,1-2H3,(H,38,43)/b28-15-. The number of hydrogen-bond donors (Lipinski definition) is 3. The number of hydrazine groups is 1. The lowest BCUT2D eigenvalue weighted by Gasteiger charge is -2.28. The Morgan fingerprint density at radius 3 is 2.65 bits per heavy atom. The molecule has 5 N–H and O–H groups in total. The van der Waals surface area contributed by atoms with Crippen molar-refractivity contribution in [3.8, 4) is 22.4 Å². The molecule has 0 aliphatic carbocycles. The minimum Gasteiger partial charge on any atom is -0.388 e. The summed E-state index contributed by atoms with van der Waals surface area (Å²) in [6, 6.07) is 13.0. The summed E-state index contributed by atoms with van der Waals surface area (Å²) in [6.07, 6.45) is 4.80. The molecule has 10 nitrogen and oxygen atoms in total. The molecule has 0 saturated heterocycles. The molecule has 1 amide bonds. The van der Waals surface area contributed by atoms with E-state index in [1.165, 1.54) is 46.4 Å². The number of nitrogens with zero attached hydrogens (tertiary/aromatic N) is 5. The number of aromatic nitrogens is 3. The monoisotopic (exact) mass is 622 g/mol. The van der Waals surface area contributed by atoms with Crippen LogP contribution in [0.3, 0.4) is 0 Å². The SMILES string of the molecule is CC1C(=O)Nc2ccc(F)cc2-c2ccnc(c2)C(n2cnc(-c3cc(Cl)ccc3N(N)/C=C(\N)Cl)cc2=O)CCN1C. The first-order chi connectivity index (χ1) is 20.5. The van der Waals surface area contributed by atoms with E-state index in [0.717, 1.165) is 0 Å². The van der Waals surface area contributed by atoms with Gasteiger partial charge in [0.2, 0.25) is 5.91 Å². The Bertz CT molecular complexity index is 1780. The van der Waals surface area contributed by atoms with Crippen molar-refractivity contribution < 1.29 is 9.18 Å². The molecule has 43 heavy (non-hydrogen) atoms. The molecule has 0 radical (unpaired) electrons. The van der Waals surface area contributed by atoms with Gasteiger partial charge >= 0.3 is 0 Å². The average Bonchev–Trinajstić information content (AvgIpc) is 2.97. The van der Waals surface area contributed by atoms with Gasteiger partial charge in [0.05, 0.1) is 41.7 Å². The minimum absolute atomic E-state index is 0.0360. The number of nitrogens with two attached hydrogens (primary N) is 2. The lowest BCUT2D eigenvalue weighted by atomic mass is 9.99. The van der Waals surface area contributed by atoms with Crippen molar-refractivity contribution in [1.29, 1.82) is 0 Å². The maximum Gasteiger partial charge on any atom is 0.254 e. The first kappa shape index (κ1) is 30.2. The first-order valence-corrected chi connectivity index (χ1v) is 14.1. The second-order valence-corrected chi connectivity index (χ2v) is 11.1. The molecule has 3 heterocycles. The molecular weight excluding hydrogens is 594 g/mol. The maximum absolute atomic E-state index is 14.4. The third-order valence-electron chi connectivity index (χ3n) is 7.42. The van der Waals surface area contributed by atoms with Crippen LogP contribution in [0, 0.1) is 5.82 Å². The van der Waals surface area contributed by atoms with Crippen LogP contribution in [-0.4, -0.2) is 45.0 Å². The number of anilines is 2. The number of halogens is 3. The average molecular weight is 624 g/mol. The van der Waals surface area contributed by atoms with Gasteiger partial charge in [-0.3, -0.25) is 29.0 Å². The van der Waals surface area contributed by atoms with Crippen LogP contribution < -0.4 is 27.5 Å². The molecule has 0 spiro atoms. The molecule has 0 fully saturated rings. The Labute approximate surface area is 257 Å². The van der Waals surface area contributed by atoms with Gasteiger partial charge in [0.1, 0.15) is 11.0 Å². The molecule has 2 bridgehead atoms. The van der Waals surface area contributed by atoms with E-state index >= 15 is 0 Å². The summed E-state index contributed by atoms with van der Waals surface area (Å²) < 4.78 is 15.9. The molecule has 2 aromatic heterocycles. The van der Waals surface area contributed by atoms with Gasteiger partial charge in [-0.25, -0.2) is 15.2 Å². The van der Waals surface area contributed by atoms with Gasteiger partial charge in [-0.15, -0.1) is 0 Å². The first-order valence-electron chi connectivity index (χ1n) is 13.3. The number of pyridine rings is 1. The third-order valence-corrected chi connectivity index (χ3v) is 7.75. The lowest BCUT2D eigenvalue weighted by molar-refractivity contribution is -0.120. The number of likely N-dealkylation sites (N-methyl/N-ethyl adjacent to an activating group) is 1. The van der Waals surface area contributed by atoms with Gasteiger partial charge < -0.3 is 11.1 Å². The normalized spacial score (nSPS) is 17.8. The number of carbonyl (C=O) groups is 1. The van der Waals surface area contributed by atoms with Crippen LogP contribution in [0.4, 0.5) is 15.8 Å². The summed E-state index contributed by atoms with van der Waals surface area (Å²) in [4.78, 5) is 37.9. The lowest BCUT2D eigenvalue weighted by Crippen LogP contribution is -2.41. The minimum atomic E-state index is -0.549. The van der Waals surface area contributed by atoms with Crippen LogP contribution in [0.15, 0.2) is 83.3 Å². The molecule has 1 aliphatic rings. The van der Waals surface area contributed by atoms with E-state index in [0.29, 0.717) is 57.4 Å². The van der Waals surface area contributed by atoms with E-state index in [-0.39, 0.29) is 16.6 Å². The molecule has 2 aromatic carbocycles. The highest BCUT2D eigenvalue weighted by atomic mass is 35.5. The highest BCUT2D eigenvalue weighted by molar-refractivity contribution is 6.31. The smallest absolute Gasteiger partial charge is 0.254 e. The van der Waals surface area contributed by atoms with E-state index < -0.39 is 17.9 Å². The summed E-state index contributed by atoms with van der Waals surface area (Å²) in [7, 11) is 1.83. The zero-order valence-corrected chi connectivity index (χ0v) is 24.9. The predicted molar refractivity (Wildman–Crippen MR) is 167 cm³/mol. The van der Waals surface area contributed by atoms with Crippen molar-refractivity contribution in [2.24, 2.45) is 11.6 Å². The van der Waals surface area contributed by atoms with Gasteiger partial charge in [0.15, 0.2) is 0 Å². The Morgan fingerprint density at radius 2 is 1.91 bits per heavy atom. The summed E-state index contributed by atoms with van der Waals surface area (Å²) in [5.41, 5.74) is 8.72. The fraction of sp³-hybridized carbons (Fsp3) is 0.200. The predicted octanol–water partition coefficient (Wildman–Crippen LogP) is 4.69. The van der Waals surface area contributed by atoms with Gasteiger partial charge in [-0.1, -0.05) is 23.2 Å². The van der Waals surface area contributed by atoms with Crippen molar-refractivity contribution in [2.45, 2.75) is 25.4 Å². The zero-order valence-electron chi connectivity index (χ0n) is 23.3. The van der Waals surface area contributed by atoms with Crippen molar-refractivity contribution >= 4 is 40.5 Å². The van der Waals surface area contributed by atoms with Crippen LogP contribution in [0.1, 0.15) is 25.1 Å². The fourth-order valence-electron chi connectivity index (χ4n) is 4.98. The van der Waals surface area contributed by atoms with Crippen LogP contribution >= 0.6 is 23.2 Å². The van der Waals surface area contributed by atoms with Gasteiger partial charge in [0.25, 0.3) is 5.56 Å². The Balaban J connectivity index is 1.62. The number of nitrogens with one attached hydrogen (secondary N) is 1. The number of carbonyl (C=O) groups excluding carboxylic acids is 1. The second-order valence-electron chi connectivity index (χ2n) is 10.2. The van der Waals surface area contributed by atoms with Crippen molar-refractivity contribution in [1.82, 2.24) is 19.4 Å². The topological polar surface area (TPSA) is 135 Å². The van der Waals surface area contributed by atoms with Crippen LogP contribution in [0.25, 0.3) is 22.4 Å². The molecule has 1 aliphatic heterocycles. The zero-order chi connectivity index (χ0) is 30.8.